The number of benzene rings is 1. The van der Waals surface area contributed by atoms with Crippen LogP contribution in [0.3, 0.4) is 0 Å². The van der Waals surface area contributed by atoms with E-state index in [4.69, 9.17) is 5.73 Å². The number of hydrazone groups is 1. The molecule has 0 amide bonds. The Morgan fingerprint density at radius 2 is 2.20 bits per heavy atom. The maximum absolute atomic E-state index is 12.2. The molecule has 108 valence electrons. The third-order valence-corrected chi connectivity index (χ3v) is 1.90. The van der Waals surface area contributed by atoms with Crippen LogP contribution in [0.1, 0.15) is 5.56 Å². The zero-order valence-corrected chi connectivity index (χ0v) is 10.4. The summed E-state index contributed by atoms with van der Waals surface area (Å²) in [5.41, 5.74) is 6.48. The van der Waals surface area contributed by atoms with E-state index in [9.17, 15) is 23.3 Å². The Morgan fingerprint density at radius 1 is 1.55 bits per heavy atom. The molecule has 1 rings (SSSR count). The van der Waals surface area contributed by atoms with Crippen molar-refractivity contribution >= 4 is 29.2 Å². The van der Waals surface area contributed by atoms with E-state index in [0.29, 0.717) is 0 Å². The summed E-state index contributed by atoms with van der Waals surface area (Å²) in [4.78, 5) is 9.81. The van der Waals surface area contributed by atoms with Crippen LogP contribution in [0, 0.1) is 10.1 Å². The minimum Gasteiger partial charge on any atom is -0.405 e. The number of nitrogens with one attached hydrogen (secondary N) is 1. The van der Waals surface area contributed by atoms with Gasteiger partial charge in [-0.2, -0.15) is 5.10 Å². The van der Waals surface area contributed by atoms with Gasteiger partial charge >= 0.3 is 6.36 Å². The third-order valence-electron chi connectivity index (χ3n) is 1.81. The highest BCUT2D eigenvalue weighted by atomic mass is 32.1. The number of nitrogens with zero attached hydrogens (tertiary/aromatic N) is 2. The highest BCUT2D eigenvalue weighted by Crippen LogP contribution is 2.28. The summed E-state index contributed by atoms with van der Waals surface area (Å²) in [5.74, 6) is -0.642. The Balaban J connectivity index is 3.12. The fraction of sp³-hybridized carbons (Fsp3) is 0.111. The van der Waals surface area contributed by atoms with Crippen molar-refractivity contribution in [3.8, 4) is 5.75 Å². The van der Waals surface area contributed by atoms with Crippen LogP contribution < -0.4 is 15.9 Å². The predicted octanol–water partition coefficient (Wildman–Crippen LogP) is 1.66. The maximum atomic E-state index is 12.2. The molecule has 0 atom stereocenters. The van der Waals surface area contributed by atoms with Gasteiger partial charge in [0.1, 0.15) is 5.75 Å². The molecule has 0 heterocycles. The summed E-state index contributed by atoms with van der Waals surface area (Å²) in [6, 6.07) is 2.55. The average Bonchev–Trinajstić information content (AvgIpc) is 2.28. The van der Waals surface area contributed by atoms with Gasteiger partial charge in [0.15, 0.2) is 5.11 Å². The summed E-state index contributed by atoms with van der Waals surface area (Å²) < 4.78 is 40.2. The molecule has 0 aliphatic carbocycles. The van der Waals surface area contributed by atoms with Crippen LogP contribution in [0.5, 0.6) is 5.75 Å². The molecule has 0 saturated heterocycles. The van der Waals surface area contributed by atoms with Crippen LogP contribution in [-0.4, -0.2) is 22.6 Å². The number of nitro benzene ring substituents is 1. The van der Waals surface area contributed by atoms with E-state index in [1.54, 1.807) is 0 Å². The van der Waals surface area contributed by atoms with Crippen molar-refractivity contribution in [1.82, 2.24) is 5.43 Å². The lowest BCUT2D eigenvalue weighted by Crippen LogP contribution is -2.24. The van der Waals surface area contributed by atoms with Crippen molar-refractivity contribution in [1.29, 1.82) is 0 Å². The average molecular weight is 308 g/mol. The van der Waals surface area contributed by atoms with Crippen LogP contribution >= 0.6 is 12.2 Å². The van der Waals surface area contributed by atoms with Gasteiger partial charge in [0, 0.05) is 17.7 Å². The van der Waals surface area contributed by atoms with Gasteiger partial charge in [0.2, 0.25) is 0 Å². The summed E-state index contributed by atoms with van der Waals surface area (Å²) >= 11 is 4.43. The molecular weight excluding hydrogens is 301 g/mol. The van der Waals surface area contributed by atoms with E-state index in [0.717, 1.165) is 24.4 Å². The lowest BCUT2D eigenvalue weighted by molar-refractivity contribution is -0.385. The number of rotatable bonds is 4. The summed E-state index contributed by atoms with van der Waals surface area (Å²) in [7, 11) is 0. The Bertz CT molecular complexity index is 562. The molecule has 0 fully saturated rings. The predicted molar refractivity (Wildman–Crippen MR) is 67.3 cm³/mol. The Morgan fingerprint density at radius 3 is 2.70 bits per heavy atom. The number of alkyl halides is 3. The molecular formula is C9H7F3N4O3S. The van der Waals surface area contributed by atoms with E-state index in [-0.39, 0.29) is 10.7 Å². The van der Waals surface area contributed by atoms with Crippen molar-refractivity contribution < 1.29 is 22.8 Å². The highest BCUT2D eigenvalue weighted by Gasteiger charge is 2.32. The van der Waals surface area contributed by atoms with E-state index in [2.05, 4.69) is 27.5 Å². The van der Waals surface area contributed by atoms with Crippen LogP contribution in [0.25, 0.3) is 0 Å². The fourth-order valence-corrected chi connectivity index (χ4v) is 1.19. The normalized spacial score (nSPS) is 11.3. The minimum atomic E-state index is -4.94. The molecule has 7 nitrogen and oxygen atoms in total. The zero-order valence-electron chi connectivity index (χ0n) is 9.55. The van der Waals surface area contributed by atoms with Gasteiger partial charge < -0.3 is 10.5 Å². The first kappa shape index (κ1) is 15.6. The van der Waals surface area contributed by atoms with Gasteiger partial charge in [-0.25, -0.2) is 0 Å². The molecule has 0 aliphatic rings. The molecule has 1 aromatic carbocycles. The molecule has 0 saturated carbocycles. The molecule has 1 aromatic rings. The molecule has 11 heteroatoms. The second kappa shape index (κ2) is 6.14. The fourth-order valence-electron chi connectivity index (χ4n) is 1.13. The van der Waals surface area contributed by atoms with E-state index < -0.39 is 22.7 Å². The number of nitrogens with two attached hydrogens (primary N) is 1. The lowest BCUT2D eigenvalue weighted by atomic mass is 10.2. The maximum Gasteiger partial charge on any atom is 0.573 e. The van der Waals surface area contributed by atoms with E-state index in [1.807, 2.05) is 0 Å². The number of non-ortho nitro benzene ring substituents is 1. The second-order valence-electron chi connectivity index (χ2n) is 3.26. The Kier molecular flexibility index (Phi) is 4.80. The molecule has 0 bridgehead atoms. The number of halogens is 3. The largest absolute Gasteiger partial charge is 0.573 e. The molecule has 0 spiro atoms. The van der Waals surface area contributed by atoms with Crippen LogP contribution in [0.2, 0.25) is 0 Å². The topological polar surface area (TPSA) is 103 Å². The van der Waals surface area contributed by atoms with Crippen molar-refractivity contribution in [2.75, 3.05) is 0 Å². The molecule has 0 radical (unpaired) electrons. The molecule has 0 aromatic heterocycles. The van der Waals surface area contributed by atoms with Crippen molar-refractivity contribution in [3.63, 3.8) is 0 Å². The van der Waals surface area contributed by atoms with E-state index in [1.165, 1.54) is 0 Å². The van der Waals surface area contributed by atoms with Gasteiger partial charge in [0.05, 0.1) is 11.1 Å². The standard InChI is InChI=1S/C9H7F3N4O3S/c10-9(11,12)19-7-2-1-6(16(17)18)3-5(7)4-14-15-8(13)20/h1-4H,(H3,13,15,20). The van der Waals surface area contributed by atoms with Crippen LogP contribution in [0.15, 0.2) is 23.3 Å². The minimum absolute atomic E-state index is 0.218. The molecule has 3 N–H and O–H groups in total. The number of hydrogen-bond acceptors (Lipinski definition) is 5. The van der Waals surface area contributed by atoms with E-state index >= 15 is 0 Å². The van der Waals surface area contributed by atoms with Gasteiger partial charge in [-0.15, -0.1) is 13.2 Å². The zero-order chi connectivity index (χ0) is 15.3. The lowest BCUT2D eigenvalue weighted by Gasteiger charge is -2.10. The first-order valence-corrected chi connectivity index (χ1v) is 5.22. The first-order chi connectivity index (χ1) is 9.19. The highest BCUT2D eigenvalue weighted by molar-refractivity contribution is 7.80. The van der Waals surface area contributed by atoms with Gasteiger partial charge in [-0.3, -0.25) is 15.5 Å². The Labute approximate surface area is 115 Å². The first-order valence-electron chi connectivity index (χ1n) is 4.82. The smallest absolute Gasteiger partial charge is 0.405 e. The summed E-state index contributed by atoms with van der Waals surface area (Å²) in [6.45, 7) is 0. The van der Waals surface area contributed by atoms with Gasteiger partial charge in [-0.1, -0.05) is 0 Å². The van der Waals surface area contributed by atoms with Crippen molar-refractivity contribution in [2.45, 2.75) is 6.36 Å². The number of hydrogen-bond donors (Lipinski definition) is 2. The summed E-state index contributed by atoms with van der Waals surface area (Å²) in [6.07, 6.45) is -4.07. The number of ether oxygens (including phenoxy) is 1. The second-order valence-corrected chi connectivity index (χ2v) is 3.70. The van der Waals surface area contributed by atoms with Crippen LogP contribution in [0.4, 0.5) is 18.9 Å². The number of nitro groups is 1. The van der Waals surface area contributed by atoms with Gasteiger partial charge in [-0.05, 0) is 18.3 Å². The Hall–Kier alpha value is -2.43. The summed E-state index contributed by atoms with van der Waals surface area (Å²) in [5, 5.41) is 13.8. The van der Waals surface area contributed by atoms with Crippen LogP contribution in [-0.2, 0) is 0 Å². The van der Waals surface area contributed by atoms with Crippen molar-refractivity contribution in [2.24, 2.45) is 10.8 Å². The molecule has 0 aliphatic heterocycles. The quantitative estimate of drug-likeness (QED) is 0.379. The SMILES string of the molecule is NC(=S)NN=Cc1cc([N+](=O)[O-])ccc1OC(F)(F)F. The van der Waals surface area contributed by atoms with Gasteiger partial charge in [0.25, 0.3) is 5.69 Å². The van der Waals surface area contributed by atoms with Crippen molar-refractivity contribution in [3.05, 3.63) is 33.9 Å². The molecule has 0 unspecified atom stereocenters. The number of thiocarbonyl (C=S) groups is 1. The monoisotopic (exact) mass is 308 g/mol. The third kappa shape index (κ3) is 5.06. The molecule has 20 heavy (non-hydrogen) atoms.